The van der Waals surface area contributed by atoms with Gasteiger partial charge in [-0.25, -0.2) is 0 Å². The molecule has 0 saturated heterocycles. The quantitative estimate of drug-likeness (QED) is 0.832. The van der Waals surface area contributed by atoms with Gasteiger partial charge in [0, 0.05) is 17.3 Å². The summed E-state index contributed by atoms with van der Waals surface area (Å²) in [6.07, 6.45) is 0. The molecule has 20 heavy (non-hydrogen) atoms. The van der Waals surface area contributed by atoms with Gasteiger partial charge in [0.1, 0.15) is 5.75 Å². The maximum Gasteiger partial charge on any atom is 0.258 e. The Hall–Kier alpha value is -2.20. The number of nitrogens with one attached hydrogen (secondary N) is 1. The minimum Gasteiger partial charge on any atom is -0.484 e. The molecule has 0 unspecified atom stereocenters. The molecule has 0 spiro atoms. The van der Waals surface area contributed by atoms with Gasteiger partial charge in [-0.3, -0.25) is 4.79 Å². The maximum atomic E-state index is 11.6. The molecule has 0 saturated carbocycles. The first-order valence-electron chi connectivity index (χ1n) is 6.13. The zero-order chi connectivity index (χ0) is 14.4. The molecule has 0 aliphatic heterocycles. The van der Waals surface area contributed by atoms with Gasteiger partial charge >= 0.3 is 0 Å². The molecule has 2 rings (SSSR count). The van der Waals surface area contributed by atoms with Crippen molar-refractivity contribution in [3.05, 3.63) is 59.1 Å². The van der Waals surface area contributed by atoms with Gasteiger partial charge in [-0.05, 0) is 42.0 Å². The van der Waals surface area contributed by atoms with E-state index in [2.05, 4.69) is 5.32 Å². The lowest BCUT2D eigenvalue weighted by molar-refractivity contribution is -0.123. The molecule has 3 N–H and O–H groups in total. The molecule has 0 aromatic heterocycles. The molecule has 5 heteroatoms. The average molecular weight is 291 g/mol. The predicted molar refractivity (Wildman–Crippen MR) is 79.6 cm³/mol. The third kappa shape index (κ3) is 4.48. The van der Waals surface area contributed by atoms with E-state index in [9.17, 15) is 4.79 Å². The first-order chi connectivity index (χ1) is 9.63. The average Bonchev–Trinajstić information content (AvgIpc) is 2.46. The van der Waals surface area contributed by atoms with Crippen LogP contribution in [0, 0.1) is 0 Å². The number of ether oxygens (including phenoxy) is 1. The fraction of sp³-hybridized carbons (Fsp3) is 0.133. The van der Waals surface area contributed by atoms with Crippen molar-refractivity contribution in [2.75, 3.05) is 12.3 Å². The molecule has 2 aromatic rings. The van der Waals surface area contributed by atoms with Crippen LogP contribution < -0.4 is 15.8 Å². The van der Waals surface area contributed by atoms with Crippen molar-refractivity contribution in [3.8, 4) is 5.75 Å². The van der Waals surface area contributed by atoms with Crippen LogP contribution in [-0.4, -0.2) is 12.5 Å². The number of benzene rings is 2. The first kappa shape index (κ1) is 14.2. The van der Waals surface area contributed by atoms with Crippen molar-refractivity contribution < 1.29 is 9.53 Å². The number of hydrogen-bond acceptors (Lipinski definition) is 3. The summed E-state index contributed by atoms with van der Waals surface area (Å²) in [5, 5.41) is 3.44. The first-order valence-corrected chi connectivity index (χ1v) is 6.51. The molecule has 0 atom stereocenters. The van der Waals surface area contributed by atoms with Gasteiger partial charge in [0.05, 0.1) is 0 Å². The molecule has 0 fully saturated rings. The SMILES string of the molecule is Nc1ccc(OCC(=O)NCc2ccc(Cl)cc2)cc1. The van der Waals surface area contributed by atoms with Crippen molar-refractivity contribution in [2.24, 2.45) is 0 Å². The highest BCUT2D eigenvalue weighted by molar-refractivity contribution is 6.30. The molecule has 104 valence electrons. The van der Waals surface area contributed by atoms with Crippen molar-refractivity contribution in [3.63, 3.8) is 0 Å². The highest BCUT2D eigenvalue weighted by atomic mass is 35.5. The summed E-state index contributed by atoms with van der Waals surface area (Å²) in [6, 6.07) is 14.2. The van der Waals surface area contributed by atoms with E-state index in [4.69, 9.17) is 22.1 Å². The highest BCUT2D eigenvalue weighted by Gasteiger charge is 2.03. The lowest BCUT2D eigenvalue weighted by Gasteiger charge is -2.08. The van der Waals surface area contributed by atoms with Crippen LogP contribution in [0.3, 0.4) is 0 Å². The number of nitrogen functional groups attached to an aromatic ring is 1. The number of hydrogen-bond donors (Lipinski definition) is 2. The van der Waals surface area contributed by atoms with E-state index < -0.39 is 0 Å². The van der Waals surface area contributed by atoms with Crippen LogP contribution in [-0.2, 0) is 11.3 Å². The summed E-state index contributed by atoms with van der Waals surface area (Å²) < 4.78 is 5.34. The number of nitrogens with two attached hydrogens (primary N) is 1. The van der Waals surface area contributed by atoms with Gasteiger partial charge in [0.25, 0.3) is 5.91 Å². The topological polar surface area (TPSA) is 64.3 Å². The van der Waals surface area contributed by atoms with Gasteiger partial charge in [0.2, 0.25) is 0 Å². The van der Waals surface area contributed by atoms with E-state index in [0.717, 1.165) is 5.56 Å². The van der Waals surface area contributed by atoms with Crippen molar-refractivity contribution in [2.45, 2.75) is 6.54 Å². The smallest absolute Gasteiger partial charge is 0.258 e. The largest absolute Gasteiger partial charge is 0.484 e. The van der Waals surface area contributed by atoms with E-state index >= 15 is 0 Å². The summed E-state index contributed by atoms with van der Waals surface area (Å²) in [6.45, 7) is 0.415. The molecular formula is C15H15ClN2O2. The zero-order valence-corrected chi connectivity index (χ0v) is 11.6. The van der Waals surface area contributed by atoms with Crippen LogP contribution in [0.1, 0.15) is 5.56 Å². The number of halogens is 1. The van der Waals surface area contributed by atoms with Crippen LogP contribution in [0.2, 0.25) is 5.02 Å². The summed E-state index contributed by atoms with van der Waals surface area (Å²) in [5.41, 5.74) is 7.20. The summed E-state index contributed by atoms with van der Waals surface area (Å²) in [4.78, 5) is 11.6. The van der Waals surface area contributed by atoms with E-state index in [-0.39, 0.29) is 12.5 Å². The maximum absolute atomic E-state index is 11.6. The summed E-state index contributed by atoms with van der Waals surface area (Å²) in [7, 11) is 0. The number of rotatable bonds is 5. The lowest BCUT2D eigenvalue weighted by Crippen LogP contribution is -2.28. The van der Waals surface area contributed by atoms with Crippen LogP contribution in [0.5, 0.6) is 5.75 Å². The number of amides is 1. The van der Waals surface area contributed by atoms with Crippen LogP contribution >= 0.6 is 11.6 Å². The van der Waals surface area contributed by atoms with Gasteiger partial charge in [-0.2, -0.15) is 0 Å². The Kier molecular flexibility index (Phi) is 4.85. The fourth-order valence-electron chi connectivity index (χ4n) is 1.57. The number of carbonyl (C=O) groups excluding carboxylic acids is 1. The molecule has 0 aliphatic carbocycles. The van der Waals surface area contributed by atoms with Crippen LogP contribution in [0.4, 0.5) is 5.69 Å². The predicted octanol–water partition coefficient (Wildman–Crippen LogP) is 2.62. The molecular weight excluding hydrogens is 276 g/mol. The van der Waals surface area contributed by atoms with Crippen molar-refractivity contribution in [1.29, 1.82) is 0 Å². The molecule has 0 radical (unpaired) electrons. The van der Waals surface area contributed by atoms with E-state index in [1.165, 1.54) is 0 Å². The minimum atomic E-state index is -0.184. The molecule has 0 aliphatic rings. The Morgan fingerprint density at radius 2 is 1.75 bits per heavy atom. The fourth-order valence-corrected chi connectivity index (χ4v) is 1.69. The Bertz CT molecular complexity index is 516. The number of carbonyl (C=O) groups is 1. The van der Waals surface area contributed by atoms with E-state index in [1.807, 2.05) is 12.1 Å². The monoisotopic (exact) mass is 290 g/mol. The lowest BCUT2D eigenvalue weighted by atomic mass is 10.2. The summed E-state index contributed by atoms with van der Waals surface area (Å²) in [5.74, 6) is 0.428. The van der Waals surface area contributed by atoms with E-state index in [0.29, 0.717) is 23.0 Å². The molecule has 0 bridgehead atoms. The van der Waals surface area contributed by atoms with Gasteiger partial charge < -0.3 is 15.8 Å². The standard InChI is InChI=1S/C15H15ClN2O2/c16-12-3-1-11(2-4-12)9-18-15(19)10-20-14-7-5-13(17)6-8-14/h1-8H,9-10,17H2,(H,18,19). The van der Waals surface area contributed by atoms with Gasteiger partial charge in [0.15, 0.2) is 6.61 Å². The van der Waals surface area contributed by atoms with Crippen molar-refractivity contribution in [1.82, 2.24) is 5.32 Å². The molecule has 0 heterocycles. The zero-order valence-electron chi connectivity index (χ0n) is 10.8. The molecule has 4 nitrogen and oxygen atoms in total. The second-order valence-electron chi connectivity index (χ2n) is 4.26. The van der Waals surface area contributed by atoms with E-state index in [1.54, 1.807) is 36.4 Å². The third-order valence-corrected chi connectivity index (χ3v) is 2.90. The number of anilines is 1. The Labute approximate surface area is 122 Å². The Morgan fingerprint density at radius 1 is 1.10 bits per heavy atom. The molecule has 1 amide bonds. The summed E-state index contributed by atoms with van der Waals surface area (Å²) >= 11 is 5.79. The minimum absolute atomic E-state index is 0.0303. The van der Waals surface area contributed by atoms with Crippen LogP contribution in [0.15, 0.2) is 48.5 Å². The highest BCUT2D eigenvalue weighted by Crippen LogP contribution is 2.13. The molecule has 2 aromatic carbocycles. The second-order valence-corrected chi connectivity index (χ2v) is 4.70. The van der Waals surface area contributed by atoms with Gasteiger partial charge in [-0.1, -0.05) is 23.7 Å². The Balaban J connectivity index is 1.75. The third-order valence-electron chi connectivity index (χ3n) is 2.65. The van der Waals surface area contributed by atoms with Gasteiger partial charge in [-0.15, -0.1) is 0 Å². The normalized spacial score (nSPS) is 10.1. The Morgan fingerprint density at radius 3 is 2.40 bits per heavy atom. The van der Waals surface area contributed by atoms with Crippen molar-refractivity contribution >= 4 is 23.2 Å². The van der Waals surface area contributed by atoms with Crippen LogP contribution in [0.25, 0.3) is 0 Å². The second kappa shape index (κ2) is 6.82.